The third kappa shape index (κ3) is 3.09. The first-order valence-corrected chi connectivity index (χ1v) is 8.22. The Hall–Kier alpha value is -1.08. The van der Waals surface area contributed by atoms with E-state index in [-0.39, 0.29) is 11.4 Å². The standard InChI is InChI=1S/C12H14BrNO4S/c13-9-3-5-10(6-4-9)19(17,18)11-2-1-7-14(8-11)12(15)16/h3-6,11H,1-2,7-8H2,(H,15,16). The van der Waals surface area contributed by atoms with Gasteiger partial charge in [-0.25, -0.2) is 13.2 Å². The molecule has 0 aliphatic carbocycles. The van der Waals surface area contributed by atoms with Gasteiger partial charge in [0, 0.05) is 17.6 Å². The molecule has 1 heterocycles. The molecular weight excluding hydrogens is 334 g/mol. The minimum Gasteiger partial charge on any atom is -0.465 e. The zero-order valence-electron chi connectivity index (χ0n) is 10.1. The minimum atomic E-state index is -3.47. The highest BCUT2D eigenvalue weighted by Gasteiger charge is 2.33. The van der Waals surface area contributed by atoms with Crippen molar-refractivity contribution in [1.29, 1.82) is 0 Å². The van der Waals surface area contributed by atoms with Crippen LogP contribution < -0.4 is 0 Å². The van der Waals surface area contributed by atoms with Crippen molar-refractivity contribution in [2.45, 2.75) is 23.0 Å². The van der Waals surface area contributed by atoms with Crippen molar-refractivity contribution in [2.75, 3.05) is 13.1 Å². The zero-order chi connectivity index (χ0) is 14.0. The van der Waals surface area contributed by atoms with E-state index >= 15 is 0 Å². The fourth-order valence-corrected chi connectivity index (χ4v) is 4.20. The van der Waals surface area contributed by atoms with Gasteiger partial charge < -0.3 is 10.0 Å². The van der Waals surface area contributed by atoms with E-state index in [9.17, 15) is 13.2 Å². The highest BCUT2D eigenvalue weighted by molar-refractivity contribution is 9.10. The summed E-state index contributed by atoms with van der Waals surface area (Å²) in [6.07, 6.45) is 0.0187. The summed E-state index contributed by atoms with van der Waals surface area (Å²) in [5.41, 5.74) is 0. The normalized spacial score (nSPS) is 20.3. The van der Waals surface area contributed by atoms with E-state index < -0.39 is 21.2 Å². The van der Waals surface area contributed by atoms with Crippen LogP contribution in [0.15, 0.2) is 33.6 Å². The number of benzene rings is 1. The van der Waals surface area contributed by atoms with Gasteiger partial charge in [-0.3, -0.25) is 0 Å². The van der Waals surface area contributed by atoms with Gasteiger partial charge in [0.15, 0.2) is 9.84 Å². The van der Waals surface area contributed by atoms with Crippen LogP contribution in [-0.4, -0.2) is 42.9 Å². The molecular formula is C12H14BrNO4S. The summed E-state index contributed by atoms with van der Waals surface area (Å²) in [5.74, 6) is 0. The van der Waals surface area contributed by atoms with Gasteiger partial charge >= 0.3 is 6.09 Å². The number of halogens is 1. The van der Waals surface area contributed by atoms with Crippen molar-refractivity contribution in [3.05, 3.63) is 28.7 Å². The highest BCUT2D eigenvalue weighted by Crippen LogP contribution is 2.25. The van der Waals surface area contributed by atoms with Crippen molar-refractivity contribution in [2.24, 2.45) is 0 Å². The van der Waals surface area contributed by atoms with E-state index in [4.69, 9.17) is 5.11 Å². The van der Waals surface area contributed by atoms with Gasteiger partial charge in [0.2, 0.25) is 0 Å². The van der Waals surface area contributed by atoms with Gasteiger partial charge in [0.1, 0.15) is 0 Å². The van der Waals surface area contributed by atoms with Crippen LogP contribution in [0.1, 0.15) is 12.8 Å². The van der Waals surface area contributed by atoms with Crippen molar-refractivity contribution in [1.82, 2.24) is 4.90 Å². The van der Waals surface area contributed by atoms with Crippen LogP contribution in [-0.2, 0) is 9.84 Å². The van der Waals surface area contributed by atoms with Gasteiger partial charge in [-0.05, 0) is 37.1 Å². The number of amides is 1. The summed E-state index contributed by atoms with van der Waals surface area (Å²) in [6.45, 7) is 0.454. The molecule has 2 rings (SSSR count). The summed E-state index contributed by atoms with van der Waals surface area (Å²) in [4.78, 5) is 12.3. The van der Waals surface area contributed by atoms with Crippen molar-refractivity contribution < 1.29 is 18.3 Å². The molecule has 1 aliphatic rings. The number of carboxylic acid groups (broad SMARTS) is 1. The number of hydrogen-bond donors (Lipinski definition) is 1. The molecule has 1 atom stereocenters. The Kier molecular flexibility index (Phi) is 4.15. The highest BCUT2D eigenvalue weighted by atomic mass is 79.9. The molecule has 0 bridgehead atoms. The predicted molar refractivity (Wildman–Crippen MR) is 73.9 cm³/mol. The molecule has 0 spiro atoms. The topological polar surface area (TPSA) is 74.7 Å². The molecule has 7 heteroatoms. The molecule has 0 aromatic heterocycles. The number of piperidine rings is 1. The Balaban J connectivity index is 2.24. The van der Waals surface area contributed by atoms with Gasteiger partial charge in [-0.2, -0.15) is 0 Å². The molecule has 1 fully saturated rings. The maximum atomic E-state index is 12.4. The summed E-state index contributed by atoms with van der Waals surface area (Å²) in [6, 6.07) is 6.42. The quantitative estimate of drug-likeness (QED) is 0.890. The number of carbonyl (C=O) groups is 1. The number of hydrogen-bond acceptors (Lipinski definition) is 3. The average molecular weight is 348 g/mol. The van der Waals surface area contributed by atoms with Crippen molar-refractivity contribution in [3.8, 4) is 0 Å². The van der Waals surface area contributed by atoms with Crippen LogP contribution in [0.4, 0.5) is 4.79 Å². The van der Waals surface area contributed by atoms with Crippen LogP contribution in [0.5, 0.6) is 0 Å². The van der Waals surface area contributed by atoms with Gasteiger partial charge in [-0.1, -0.05) is 15.9 Å². The maximum Gasteiger partial charge on any atom is 0.407 e. The SMILES string of the molecule is O=C(O)N1CCCC(S(=O)(=O)c2ccc(Br)cc2)C1. The van der Waals surface area contributed by atoms with Crippen LogP contribution in [0, 0.1) is 0 Å². The minimum absolute atomic E-state index is 0.0493. The molecule has 0 saturated carbocycles. The lowest BCUT2D eigenvalue weighted by Crippen LogP contribution is -2.44. The van der Waals surface area contributed by atoms with Gasteiger partial charge in [-0.15, -0.1) is 0 Å². The summed E-state index contributed by atoms with van der Waals surface area (Å²) >= 11 is 3.26. The van der Waals surface area contributed by atoms with E-state index in [1.54, 1.807) is 24.3 Å². The second-order valence-electron chi connectivity index (χ2n) is 4.49. The molecule has 1 aromatic carbocycles. The first-order valence-electron chi connectivity index (χ1n) is 5.88. The third-order valence-corrected chi connectivity index (χ3v) is 5.95. The lowest BCUT2D eigenvalue weighted by molar-refractivity contribution is 0.136. The molecule has 1 N–H and O–H groups in total. The summed E-state index contributed by atoms with van der Waals surface area (Å²) in [5, 5.41) is 8.30. The van der Waals surface area contributed by atoms with Crippen LogP contribution in [0.3, 0.4) is 0 Å². The number of likely N-dealkylation sites (tertiary alicyclic amines) is 1. The van der Waals surface area contributed by atoms with Crippen molar-refractivity contribution in [3.63, 3.8) is 0 Å². The first-order chi connectivity index (χ1) is 8.91. The van der Waals surface area contributed by atoms with E-state index in [0.717, 1.165) is 4.47 Å². The average Bonchev–Trinajstić information content (AvgIpc) is 2.39. The smallest absolute Gasteiger partial charge is 0.407 e. The van der Waals surface area contributed by atoms with Crippen LogP contribution in [0.2, 0.25) is 0 Å². The second-order valence-corrected chi connectivity index (χ2v) is 7.64. The van der Waals surface area contributed by atoms with Crippen molar-refractivity contribution >= 4 is 31.9 Å². The van der Waals surface area contributed by atoms with Gasteiger partial charge in [0.25, 0.3) is 0 Å². The van der Waals surface area contributed by atoms with E-state index in [1.165, 1.54) is 4.90 Å². The van der Waals surface area contributed by atoms with E-state index in [1.807, 2.05) is 0 Å². The van der Waals surface area contributed by atoms with E-state index in [2.05, 4.69) is 15.9 Å². The molecule has 1 aromatic rings. The fourth-order valence-electron chi connectivity index (χ4n) is 2.18. The molecule has 1 amide bonds. The Bertz CT molecular complexity index is 570. The van der Waals surface area contributed by atoms with Crippen LogP contribution >= 0.6 is 15.9 Å². The molecule has 5 nitrogen and oxygen atoms in total. The first kappa shape index (κ1) is 14.3. The maximum absolute atomic E-state index is 12.4. The zero-order valence-corrected chi connectivity index (χ0v) is 12.5. The monoisotopic (exact) mass is 347 g/mol. The molecule has 1 aliphatic heterocycles. The molecule has 19 heavy (non-hydrogen) atoms. The predicted octanol–water partition coefficient (Wildman–Crippen LogP) is 2.37. The summed E-state index contributed by atoms with van der Waals surface area (Å²) in [7, 11) is -3.47. The fraction of sp³-hybridized carbons (Fsp3) is 0.417. The molecule has 1 unspecified atom stereocenters. The number of sulfone groups is 1. The lowest BCUT2D eigenvalue weighted by atomic mass is 10.1. The number of nitrogens with zero attached hydrogens (tertiary/aromatic N) is 1. The lowest BCUT2D eigenvalue weighted by Gasteiger charge is -2.30. The molecule has 1 saturated heterocycles. The Morgan fingerprint density at radius 2 is 1.95 bits per heavy atom. The Morgan fingerprint density at radius 3 is 2.53 bits per heavy atom. The van der Waals surface area contributed by atoms with E-state index in [0.29, 0.717) is 19.4 Å². The van der Waals surface area contributed by atoms with Gasteiger partial charge in [0.05, 0.1) is 10.1 Å². The third-order valence-electron chi connectivity index (χ3n) is 3.23. The summed E-state index contributed by atoms with van der Waals surface area (Å²) < 4.78 is 25.7. The molecule has 104 valence electrons. The Labute approximate surface area is 120 Å². The van der Waals surface area contributed by atoms with Crippen LogP contribution in [0.25, 0.3) is 0 Å². The second kappa shape index (κ2) is 5.50. The largest absolute Gasteiger partial charge is 0.465 e. The molecule has 0 radical (unpaired) electrons. The number of rotatable bonds is 2. The Morgan fingerprint density at radius 1 is 1.32 bits per heavy atom.